The Hall–Kier alpha value is -1.51. The van der Waals surface area contributed by atoms with E-state index in [1.54, 1.807) is 0 Å². The van der Waals surface area contributed by atoms with Crippen molar-refractivity contribution in [3.05, 3.63) is 35.4 Å². The first-order valence-corrected chi connectivity index (χ1v) is 7.99. The van der Waals surface area contributed by atoms with Crippen LogP contribution < -0.4 is 0 Å². The van der Waals surface area contributed by atoms with Gasteiger partial charge in [0.1, 0.15) is 5.60 Å². The van der Waals surface area contributed by atoms with Gasteiger partial charge in [0.2, 0.25) is 0 Å². The number of aryl methyl sites for hydroxylation is 1. The summed E-state index contributed by atoms with van der Waals surface area (Å²) >= 11 is 0. The van der Waals surface area contributed by atoms with Gasteiger partial charge < -0.3 is 9.64 Å². The summed E-state index contributed by atoms with van der Waals surface area (Å²) < 4.78 is 5.57. The first kappa shape index (κ1) is 15.9. The van der Waals surface area contributed by atoms with Gasteiger partial charge in [0.05, 0.1) is 6.04 Å². The zero-order valence-corrected chi connectivity index (χ0v) is 13.7. The number of carbonyl (C=O) groups excluding carboxylic acids is 1. The number of hydrogen-bond donors (Lipinski definition) is 0. The van der Waals surface area contributed by atoms with E-state index in [1.165, 1.54) is 17.5 Å². The van der Waals surface area contributed by atoms with Crippen LogP contribution in [-0.2, 0) is 11.2 Å². The second-order valence-electron chi connectivity index (χ2n) is 6.78. The predicted molar refractivity (Wildman–Crippen MR) is 85.4 cm³/mol. The molecule has 0 N–H and O–H groups in total. The average Bonchev–Trinajstić information content (AvgIpc) is 2.45. The number of carbonyl (C=O) groups is 1. The fourth-order valence-corrected chi connectivity index (χ4v) is 2.84. The zero-order chi connectivity index (χ0) is 15.5. The van der Waals surface area contributed by atoms with Gasteiger partial charge in [-0.25, -0.2) is 4.79 Å². The van der Waals surface area contributed by atoms with Gasteiger partial charge in [-0.1, -0.05) is 31.2 Å². The van der Waals surface area contributed by atoms with Gasteiger partial charge in [-0.2, -0.15) is 0 Å². The second-order valence-corrected chi connectivity index (χ2v) is 6.78. The third-order valence-corrected chi connectivity index (χ3v) is 3.87. The van der Waals surface area contributed by atoms with Crippen molar-refractivity contribution in [3.8, 4) is 0 Å². The highest BCUT2D eigenvalue weighted by Crippen LogP contribution is 2.32. The molecule has 1 amide bonds. The summed E-state index contributed by atoms with van der Waals surface area (Å²) in [4.78, 5) is 14.4. The Morgan fingerprint density at radius 1 is 1.33 bits per heavy atom. The van der Waals surface area contributed by atoms with E-state index >= 15 is 0 Å². The van der Waals surface area contributed by atoms with Crippen LogP contribution in [0.5, 0.6) is 0 Å². The number of nitrogens with zero attached hydrogens (tertiary/aromatic N) is 1. The maximum Gasteiger partial charge on any atom is 0.410 e. The molecule has 1 aromatic carbocycles. The lowest BCUT2D eigenvalue weighted by molar-refractivity contribution is 0.00951. The number of benzene rings is 1. The number of rotatable bonds is 2. The first-order valence-electron chi connectivity index (χ1n) is 7.99. The van der Waals surface area contributed by atoms with E-state index in [0.29, 0.717) is 0 Å². The zero-order valence-electron chi connectivity index (χ0n) is 13.7. The van der Waals surface area contributed by atoms with Crippen LogP contribution in [0.15, 0.2) is 24.3 Å². The Balaban J connectivity index is 2.20. The van der Waals surface area contributed by atoms with E-state index in [0.717, 1.165) is 25.8 Å². The lowest BCUT2D eigenvalue weighted by atomic mass is 9.94. The van der Waals surface area contributed by atoms with Crippen LogP contribution in [0.25, 0.3) is 0 Å². The molecule has 1 saturated heterocycles. The highest BCUT2D eigenvalue weighted by molar-refractivity contribution is 5.69. The molecular weight excluding hydrogens is 262 g/mol. The molecule has 3 nitrogen and oxygen atoms in total. The number of likely N-dealkylation sites (tertiary alicyclic amines) is 1. The normalized spacial score (nSPS) is 19.4. The third-order valence-electron chi connectivity index (χ3n) is 3.87. The van der Waals surface area contributed by atoms with E-state index in [2.05, 4.69) is 31.2 Å². The molecule has 0 aromatic heterocycles. The molecule has 0 aliphatic carbocycles. The van der Waals surface area contributed by atoms with Crippen molar-refractivity contribution in [2.45, 2.75) is 65.0 Å². The van der Waals surface area contributed by atoms with Crippen LogP contribution in [0.4, 0.5) is 4.79 Å². The molecule has 3 heteroatoms. The largest absolute Gasteiger partial charge is 0.444 e. The highest BCUT2D eigenvalue weighted by Gasteiger charge is 2.31. The van der Waals surface area contributed by atoms with Crippen molar-refractivity contribution >= 4 is 6.09 Å². The van der Waals surface area contributed by atoms with Crippen molar-refractivity contribution in [2.24, 2.45) is 0 Å². The predicted octanol–water partition coefficient (Wildman–Crippen LogP) is 4.71. The summed E-state index contributed by atoms with van der Waals surface area (Å²) in [5.74, 6) is 0. The molecule has 1 unspecified atom stereocenters. The number of amides is 1. The van der Waals surface area contributed by atoms with Crippen molar-refractivity contribution in [1.29, 1.82) is 0 Å². The number of ether oxygens (including phenoxy) is 1. The maximum atomic E-state index is 12.5. The second kappa shape index (κ2) is 6.50. The van der Waals surface area contributed by atoms with E-state index in [1.807, 2.05) is 25.7 Å². The van der Waals surface area contributed by atoms with Gasteiger partial charge in [0, 0.05) is 6.54 Å². The number of hydrogen-bond acceptors (Lipinski definition) is 2. The molecule has 1 aliphatic rings. The van der Waals surface area contributed by atoms with Crippen LogP contribution in [0, 0.1) is 0 Å². The first-order chi connectivity index (χ1) is 9.90. The minimum absolute atomic E-state index is 0.153. The molecule has 0 saturated carbocycles. The standard InChI is InChI=1S/C18H27NO2/c1-5-14-9-8-10-15(13-14)16-11-6-7-12-19(16)17(20)21-18(2,3)4/h8-10,13,16H,5-7,11-12H2,1-4H3. The fourth-order valence-electron chi connectivity index (χ4n) is 2.84. The molecule has 1 aromatic rings. The summed E-state index contributed by atoms with van der Waals surface area (Å²) in [6.07, 6.45) is 4.08. The van der Waals surface area contributed by atoms with Gasteiger partial charge in [-0.15, -0.1) is 0 Å². The SMILES string of the molecule is CCc1cccc(C2CCCCN2C(=O)OC(C)(C)C)c1. The van der Waals surface area contributed by atoms with Gasteiger partial charge in [0.25, 0.3) is 0 Å². The van der Waals surface area contributed by atoms with Gasteiger partial charge in [-0.3, -0.25) is 0 Å². The van der Waals surface area contributed by atoms with E-state index in [4.69, 9.17) is 4.74 Å². The van der Waals surface area contributed by atoms with Crippen LogP contribution in [0.2, 0.25) is 0 Å². The summed E-state index contributed by atoms with van der Waals surface area (Å²) in [6.45, 7) is 8.70. The summed E-state index contributed by atoms with van der Waals surface area (Å²) in [6, 6.07) is 8.75. The average molecular weight is 289 g/mol. The van der Waals surface area contributed by atoms with Crippen molar-refractivity contribution < 1.29 is 9.53 Å². The molecule has 1 fully saturated rings. The van der Waals surface area contributed by atoms with Crippen molar-refractivity contribution in [1.82, 2.24) is 4.90 Å². The maximum absolute atomic E-state index is 12.5. The Morgan fingerprint density at radius 2 is 2.10 bits per heavy atom. The topological polar surface area (TPSA) is 29.5 Å². The van der Waals surface area contributed by atoms with Crippen molar-refractivity contribution in [2.75, 3.05) is 6.54 Å². The highest BCUT2D eigenvalue weighted by atomic mass is 16.6. The molecule has 0 radical (unpaired) electrons. The van der Waals surface area contributed by atoms with Gasteiger partial charge >= 0.3 is 6.09 Å². The molecule has 2 rings (SSSR count). The van der Waals surface area contributed by atoms with Gasteiger partial charge in [-0.05, 0) is 57.6 Å². The molecule has 1 atom stereocenters. The van der Waals surface area contributed by atoms with E-state index in [-0.39, 0.29) is 12.1 Å². The smallest absolute Gasteiger partial charge is 0.410 e. The fraction of sp³-hybridized carbons (Fsp3) is 0.611. The van der Waals surface area contributed by atoms with Crippen molar-refractivity contribution in [3.63, 3.8) is 0 Å². The van der Waals surface area contributed by atoms with E-state index in [9.17, 15) is 4.79 Å². The quantitative estimate of drug-likeness (QED) is 0.789. The molecule has 1 heterocycles. The Kier molecular flexibility index (Phi) is 4.92. The molecule has 116 valence electrons. The monoisotopic (exact) mass is 289 g/mol. The number of piperidine rings is 1. The minimum atomic E-state index is -0.440. The molecule has 1 aliphatic heterocycles. The van der Waals surface area contributed by atoms with E-state index < -0.39 is 5.60 Å². The van der Waals surface area contributed by atoms with Crippen LogP contribution in [0.3, 0.4) is 0 Å². The summed E-state index contributed by atoms with van der Waals surface area (Å²) in [7, 11) is 0. The van der Waals surface area contributed by atoms with Gasteiger partial charge in [0.15, 0.2) is 0 Å². The summed E-state index contributed by atoms with van der Waals surface area (Å²) in [5.41, 5.74) is 2.12. The Bertz CT molecular complexity index is 490. The molecule has 21 heavy (non-hydrogen) atoms. The summed E-state index contributed by atoms with van der Waals surface area (Å²) in [5, 5.41) is 0. The Labute approximate surface area is 128 Å². The van der Waals surface area contributed by atoms with Crippen LogP contribution in [0.1, 0.15) is 64.1 Å². The third kappa shape index (κ3) is 4.23. The molecule has 0 bridgehead atoms. The Morgan fingerprint density at radius 3 is 2.76 bits per heavy atom. The van der Waals surface area contributed by atoms with Crippen LogP contribution >= 0.6 is 0 Å². The molecule has 0 spiro atoms. The minimum Gasteiger partial charge on any atom is -0.444 e. The molecular formula is C18H27NO2. The van der Waals surface area contributed by atoms with Crippen LogP contribution in [-0.4, -0.2) is 23.1 Å². The lowest BCUT2D eigenvalue weighted by Crippen LogP contribution is -2.41. The lowest BCUT2D eigenvalue weighted by Gasteiger charge is -2.37.